The van der Waals surface area contributed by atoms with Crippen molar-refractivity contribution in [1.29, 1.82) is 0 Å². The van der Waals surface area contributed by atoms with Crippen LogP contribution in [0.5, 0.6) is 11.5 Å². The molecular formula is C29H24BrN3O6. The molecule has 0 saturated carbocycles. The molecule has 0 fully saturated rings. The Morgan fingerprint density at radius 3 is 2.72 bits per heavy atom. The molecule has 2 heterocycles. The van der Waals surface area contributed by atoms with Gasteiger partial charge in [-0.25, -0.2) is 9.78 Å². The van der Waals surface area contributed by atoms with E-state index in [0.717, 1.165) is 9.86 Å². The van der Waals surface area contributed by atoms with Crippen molar-refractivity contribution in [3.63, 3.8) is 0 Å². The van der Waals surface area contributed by atoms with Gasteiger partial charge in [-0.15, -0.1) is 0 Å². The Kier molecular flexibility index (Phi) is 7.47. The van der Waals surface area contributed by atoms with Gasteiger partial charge in [-0.05, 0) is 74.0 Å². The van der Waals surface area contributed by atoms with Crippen LogP contribution in [-0.4, -0.2) is 41.7 Å². The number of carbonyl (C=O) groups is 1. The Morgan fingerprint density at radius 2 is 1.92 bits per heavy atom. The lowest BCUT2D eigenvalue weighted by Gasteiger charge is -2.12. The third-order valence-electron chi connectivity index (χ3n) is 5.68. The van der Waals surface area contributed by atoms with Gasteiger partial charge in [0.05, 0.1) is 30.3 Å². The fraction of sp³-hybridized carbons (Fsp3) is 0.172. The van der Waals surface area contributed by atoms with Gasteiger partial charge in [-0.1, -0.05) is 28.1 Å². The van der Waals surface area contributed by atoms with Gasteiger partial charge in [0.25, 0.3) is 5.56 Å². The number of halogens is 1. The molecular weight excluding hydrogens is 566 g/mol. The number of hydrogen-bond acceptors (Lipinski definition) is 8. The summed E-state index contributed by atoms with van der Waals surface area (Å²) >= 11 is 3.47. The lowest BCUT2D eigenvalue weighted by Crippen LogP contribution is -2.20. The van der Waals surface area contributed by atoms with Gasteiger partial charge in [0.2, 0.25) is 5.82 Å². The molecule has 2 aromatic heterocycles. The number of para-hydroxylation sites is 1. The molecule has 0 aliphatic rings. The van der Waals surface area contributed by atoms with Crippen LogP contribution in [0.3, 0.4) is 0 Å². The molecule has 0 bridgehead atoms. The molecule has 0 aliphatic carbocycles. The number of fused-ring (bicyclic) bond motifs is 2. The van der Waals surface area contributed by atoms with Crippen molar-refractivity contribution in [2.45, 2.75) is 20.0 Å². The minimum absolute atomic E-state index is 0.235. The summed E-state index contributed by atoms with van der Waals surface area (Å²) in [5.41, 5.74) is 1.47. The summed E-state index contributed by atoms with van der Waals surface area (Å²) in [5, 5.41) is 5.76. The Labute approximate surface area is 231 Å². The van der Waals surface area contributed by atoms with Crippen molar-refractivity contribution in [3.05, 3.63) is 87.1 Å². The van der Waals surface area contributed by atoms with E-state index in [-0.39, 0.29) is 24.1 Å². The van der Waals surface area contributed by atoms with Crippen molar-refractivity contribution in [2.24, 2.45) is 5.10 Å². The molecule has 0 amide bonds. The van der Waals surface area contributed by atoms with Crippen LogP contribution in [-0.2, 0) is 9.53 Å². The SMILES string of the molecule is COc1cc(C=Nn2c(-c3cc4cc(Br)ccc4o3)nc3ccccc3c2=O)ccc1OCC(=O)OC(C)C. The first-order valence-electron chi connectivity index (χ1n) is 12.1. The zero-order valence-electron chi connectivity index (χ0n) is 21.4. The molecule has 0 unspecified atom stereocenters. The highest BCUT2D eigenvalue weighted by molar-refractivity contribution is 9.10. The number of benzene rings is 3. The second kappa shape index (κ2) is 11.1. The molecule has 0 radical (unpaired) electrons. The number of rotatable bonds is 8. The van der Waals surface area contributed by atoms with Crippen LogP contribution in [0.1, 0.15) is 19.4 Å². The fourth-order valence-electron chi connectivity index (χ4n) is 3.96. The standard InChI is InChI=1S/C29H24BrN3O6/c1-17(2)38-27(34)16-37-24-10-8-18(12-25(24)36-3)15-31-33-28(32-22-7-5-4-6-21(22)29(33)35)26-14-19-13-20(30)9-11-23(19)39-26/h4-15,17H,16H2,1-3H3. The van der Waals surface area contributed by atoms with Crippen LogP contribution in [0.25, 0.3) is 33.5 Å². The maximum absolute atomic E-state index is 13.5. The lowest BCUT2D eigenvalue weighted by molar-refractivity contribution is -0.149. The lowest BCUT2D eigenvalue weighted by atomic mass is 10.2. The number of aromatic nitrogens is 2. The van der Waals surface area contributed by atoms with Crippen molar-refractivity contribution in [1.82, 2.24) is 9.66 Å². The topological polar surface area (TPSA) is 105 Å². The van der Waals surface area contributed by atoms with E-state index in [1.54, 1.807) is 50.2 Å². The van der Waals surface area contributed by atoms with Gasteiger partial charge in [0.1, 0.15) is 5.58 Å². The van der Waals surface area contributed by atoms with Gasteiger partial charge >= 0.3 is 5.97 Å². The summed E-state index contributed by atoms with van der Waals surface area (Å²) in [6.07, 6.45) is 1.28. The molecule has 0 spiro atoms. The van der Waals surface area contributed by atoms with Gasteiger partial charge in [-0.3, -0.25) is 4.79 Å². The molecule has 198 valence electrons. The predicted octanol–water partition coefficient (Wildman–Crippen LogP) is 5.79. The smallest absolute Gasteiger partial charge is 0.344 e. The number of carbonyl (C=O) groups excluding carboxylic acids is 1. The van der Waals surface area contributed by atoms with E-state index in [0.29, 0.717) is 39.3 Å². The summed E-state index contributed by atoms with van der Waals surface area (Å²) in [5.74, 6) is 0.944. The number of nitrogens with zero attached hydrogens (tertiary/aromatic N) is 3. The van der Waals surface area contributed by atoms with Crippen LogP contribution < -0.4 is 15.0 Å². The minimum Gasteiger partial charge on any atom is -0.493 e. The summed E-state index contributed by atoms with van der Waals surface area (Å²) in [6, 6.07) is 19.6. The molecule has 0 N–H and O–H groups in total. The summed E-state index contributed by atoms with van der Waals surface area (Å²) in [7, 11) is 1.49. The first-order valence-corrected chi connectivity index (χ1v) is 12.9. The first kappa shape index (κ1) is 26.2. The molecule has 5 rings (SSSR count). The number of hydrogen-bond donors (Lipinski definition) is 0. The Morgan fingerprint density at radius 1 is 1.10 bits per heavy atom. The third-order valence-corrected chi connectivity index (χ3v) is 6.17. The van der Waals surface area contributed by atoms with Crippen LogP contribution in [0, 0.1) is 0 Å². The van der Waals surface area contributed by atoms with E-state index < -0.39 is 5.97 Å². The molecule has 0 atom stereocenters. The van der Waals surface area contributed by atoms with E-state index >= 15 is 0 Å². The summed E-state index contributed by atoms with van der Waals surface area (Å²) in [4.78, 5) is 30.0. The quantitative estimate of drug-likeness (QED) is 0.166. The van der Waals surface area contributed by atoms with E-state index in [2.05, 4.69) is 21.0 Å². The van der Waals surface area contributed by atoms with Gasteiger partial charge in [0.15, 0.2) is 23.9 Å². The van der Waals surface area contributed by atoms with Crippen molar-refractivity contribution in [3.8, 4) is 23.1 Å². The molecule has 0 saturated heterocycles. The highest BCUT2D eigenvalue weighted by Gasteiger charge is 2.17. The maximum atomic E-state index is 13.5. The predicted molar refractivity (Wildman–Crippen MR) is 152 cm³/mol. The Hall–Kier alpha value is -4.44. The molecule has 0 aliphatic heterocycles. The second-order valence-corrected chi connectivity index (χ2v) is 9.76. The number of esters is 1. The maximum Gasteiger partial charge on any atom is 0.344 e. The summed E-state index contributed by atoms with van der Waals surface area (Å²) < 4.78 is 24.3. The van der Waals surface area contributed by atoms with E-state index in [1.807, 2.05) is 30.3 Å². The number of furan rings is 1. The van der Waals surface area contributed by atoms with Crippen LogP contribution in [0.4, 0.5) is 0 Å². The first-order chi connectivity index (χ1) is 18.8. The second-order valence-electron chi connectivity index (χ2n) is 8.84. The molecule has 10 heteroatoms. The molecule has 5 aromatic rings. The van der Waals surface area contributed by atoms with Crippen LogP contribution >= 0.6 is 15.9 Å². The summed E-state index contributed by atoms with van der Waals surface area (Å²) in [6.45, 7) is 3.28. The Balaban J connectivity index is 1.52. The highest BCUT2D eigenvalue weighted by Crippen LogP contribution is 2.30. The molecule has 9 nitrogen and oxygen atoms in total. The zero-order chi connectivity index (χ0) is 27.5. The molecule has 3 aromatic carbocycles. The van der Waals surface area contributed by atoms with Crippen molar-refractivity contribution >= 4 is 50.0 Å². The van der Waals surface area contributed by atoms with E-state index in [4.69, 9.17) is 23.6 Å². The van der Waals surface area contributed by atoms with Crippen LogP contribution in [0.2, 0.25) is 0 Å². The van der Waals surface area contributed by atoms with E-state index in [1.165, 1.54) is 18.0 Å². The highest BCUT2D eigenvalue weighted by atomic mass is 79.9. The van der Waals surface area contributed by atoms with Gasteiger partial charge in [-0.2, -0.15) is 9.78 Å². The van der Waals surface area contributed by atoms with Gasteiger partial charge < -0.3 is 18.6 Å². The van der Waals surface area contributed by atoms with Crippen molar-refractivity contribution in [2.75, 3.05) is 13.7 Å². The monoisotopic (exact) mass is 589 g/mol. The normalized spacial score (nSPS) is 11.5. The number of ether oxygens (including phenoxy) is 3. The fourth-order valence-corrected chi connectivity index (χ4v) is 4.34. The largest absolute Gasteiger partial charge is 0.493 e. The zero-order valence-corrected chi connectivity index (χ0v) is 23.0. The van der Waals surface area contributed by atoms with Crippen LogP contribution in [0.15, 0.2) is 85.5 Å². The average Bonchev–Trinajstić information content (AvgIpc) is 3.34. The van der Waals surface area contributed by atoms with Crippen molar-refractivity contribution < 1.29 is 23.4 Å². The minimum atomic E-state index is -0.480. The molecule has 39 heavy (non-hydrogen) atoms. The number of methoxy groups -OCH3 is 1. The average molecular weight is 590 g/mol. The Bertz CT molecular complexity index is 1770. The van der Waals surface area contributed by atoms with Gasteiger partial charge in [0, 0.05) is 9.86 Å². The third kappa shape index (κ3) is 5.70. The van der Waals surface area contributed by atoms with E-state index in [9.17, 15) is 9.59 Å².